The highest BCUT2D eigenvalue weighted by molar-refractivity contribution is 7.86. The van der Waals surface area contributed by atoms with Crippen LogP contribution < -0.4 is 0 Å². The van der Waals surface area contributed by atoms with Gasteiger partial charge in [0.15, 0.2) is 0 Å². The lowest BCUT2D eigenvalue weighted by Gasteiger charge is -2.29. The zero-order valence-electron chi connectivity index (χ0n) is 17.7. The van der Waals surface area contributed by atoms with Crippen LogP contribution in [0, 0.1) is 17.8 Å². The maximum Gasteiger partial charge on any atom is 0.296 e. The quantitative estimate of drug-likeness (QED) is 0.429. The Labute approximate surface area is 161 Å². The molecule has 4 heteroatoms. The summed E-state index contributed by atoms with van der Waals surface area (Å²) in [7, 11) is -2.42. The number of rotatable bonds is 11. The summed E-state index contributed by atoms with van der Waals surface area (Å²) in [5.74, 6) is 2.25. The van der Waals surface area contributed by atoms with Crippen LogP contribution in [0.15, 0.2) is 29.2 Å². The fourth-order valence-electron chi connectivity index (χ4n) is 3.80. The van der Waals surface area contributed by atoms with Crippen LogP contribution in [-0.2, 0) is 19.7 Å². The second-order valence-corrected chi connectivity index (χ2v) is 10.5. The summed E-state index contributed by atoms with van der Waals surface area (Å²) >= 11 is 0. The van der Waals surface area contributed by atoms with Crippen molar-refractivity contribution >= 4 is 10.1 Å². The molecule has 0 aromatic heterocycles. The largest absolute Gasteiger partial charge is 0.296 e. The van der Waals surface area contributed by atoms with Crippen LogP contribution in [0.5, 0.6) is 0 Å². The molecule has 0 bridgehead atoms. The highest BCUT2D eigenvalue weighted by atomic mass is 32.2. The van der Waals surface area contributed by atoms with E-state index in [9.17, 15) is 8.42 Å². The standard InChI is InChI=1S/C22H38O3S/c1-8-17(2)15-18(3)9-10-19(4)16-22(5,6)20-11-13-21(14-12-20)26(23,24)25-7/h11-14,17-19H,8-10,15-16H2,1-7H3. The molecule has 1 rings (SSSR count). The molecule has 0 N–H and O–H groups in total. The maximum atomic E-state index is 11.8. The van der Waals surface area contributed by atoms with Crippen LogP contribution in [0.1, 0.15) is 79.2 Å². The number of hydrogen-bond donors (Lipinski definition) is 0. The molecule has 0 amide bonds. The van der Waals surface area contributed by atoms with Crippen molar-refractivity contribution in [3.05, 3.63) is 29.8 Å². The minimum Gasteiger partial charge on any atom is -0.270 e. The summed E-state index contributed by atoms with van der Waals surface area (Å²) in [4.78, 5) is 0.214. The van der Waals surface area contributed by atoms with Gasteiger partial charge in [0.2, 0.25) is 0 Å². The average Bonchev–Trinajstić information content (AvgIpc) is 2.59. The molecular formula is C22H38O3S. The van der Waals surface area contributed by atoms with E-state index in [0.29, 0.717) is 5.92 Å². The molecule has 0 fully saturated rings. The predicted octanol–water partition coefficient (Wildman–Crippen LogP) is 6.18. The van der Waals surface area contributed by atoms with Gasteiger partial charge in [-0.2, -0.15) is 8.42 Å². The summed E-state index contributed by atoms with van der Waals surface area (Å²) in [5.41, 5.74) is 1.20. The van der Waals surface area contributed by atoms with E-state index in [1.165, 1.54) is 38.4 Å². The monoisotopic (exact) mass is 382 g/mol. The summed E-state index contributed by atoms with van der Waals surface area (Å²) in [6.45, 7) is 13.8. The van der Waals surface area contributed by atoms with Crippen molar-refractivity contribution in [2.75, 3.05) is 7.11 Å². The molecule has 150 valence electrons. The van der Waals surface area contributed by atoms with Crippen molar-refractivity contribution in [3.8, 4) is 0 Å². The Balaban J connectivity index is 2.64. The van der Waals surface area contributed by atoms with Gasteiger partial charge in [-0.3, -0.25) is 4.18 Å². The summed E-state index contributed by atoms with van der Waals surface area (Å²) < 4.78 is 28.1. The van der Waals surface area contributed by atoms with Crippen LogP contribution in [-0.4, -0.2) is 15.5 Å². The molecule has 3 unspecified atom stereocenters. The first-order chi connectivity index (χ1) is 12.0. The molecular weight excluding hydrogens is 344 g/mol. The van der Waals surface area contributed by atoms with Crippen molar-refractivity contribution in [1.82, 2.24) is 0 Å². The molecule has 1 aromatic rings. The molecule has 3 nitrogen and oxygen atoms in total. The van der Waals surface area contributed by atoms with Gasteiger partial charge in [-0.25, -0.2) is 0 Å². The topological polar surface area (TPSA) is 43.4 Å². The fraction of sp³-hybridized carbons (Fsp3) is 0.727. The third kappa shape index (κ3) is 7.03. The molecule has 3 atom stereocenters. The SMILES string of the molecule is CCC(C)CC(C)CCC(C)CC(C)(C)c1ccc(S(=O)(=O)OC)cc1. The Kier molecular flexibility index (Phi) is 8.81. The third-order valence-electron chi connectivity index (χ3n) is 5.66. The molecule has 0 saturated carbocycles. The van der Waals surface area contributed by atoms with Gasteiger partial charge in [0.25, 0.3) is 10.1 Å². The van der Waals surface area contributed by atoms with E-state index >= 15 is 0 Å². The van der Waals surface area contributed by atoms with E-state index < -0.39 is 10.1 Å². The molecule has 1 aromatic carbocycles. The Morgan fingerprint density at radius 3 is 2.00 bits per heavy atom. The zero-order valence-corrected chi connectivity index (χ0v) is 18.5. The van der Waals surface area contributed by atoms with Crippen molar-refractivity contribution in [1.29, 1.82) is 0 Å². The molecule has 0 aliphatic rings. The smallest absolute Gasteiger partial charge is 0.270 e. The van der Waals surface area contributed by atoms with Gasteiger partial charge in [-0.05, 0) is 53.7 Å². The van der Waals surface area contributed by atoms with Gasteiger partial charge in [-0.1, -0.05) is 72.9 Å². The van der Waals surface area contributed by atoms with Crippen LogP contribution in [0.4, 0.5) is 0 Å². The first kappa shape index (κ1) is 23.2. The molecule has 0 spiro atoms. The Morgan fingerprint density at radius 2 is 1.50 bits per heavy atom. The Morgan fingerprint density at radius 1 is 0.962 bits per heavy atom. The molecule has 0 aliphatic carbocycles. The Hall–Kier alpha value is -0.870. The van der Waals surface area contributed by atoms with Crippen molar-refractivity contribution in [2.24, 2.45) is 17.8 Å². The Bertz CT molecular complexity index is 632. The van der Waals surface area contributed by atoms with Gasteiger partial charge in [0, 0.05) is 0 Å². The summed E-state index contributed by atoms with van der Waals surface area (Å²) in [6.07, 6.45) is 6.22. The van der Waals surface area contributed by atoms with Crippen molar-refractivity contribution in [2.45, 2.75) is 84.0 Å². The van der Waals surface area contributed by atoms with E-state index in [1.807, 2.05) is 12.1 Å². The van der Waals surface area contributed by atoms with E-state index in [4.69, 9.17) is 0 Å². The number of hydrogen-bond acceptors (Lipinski definition) is 3. The normalized spacial score (nSPS) is 16.3. The summed E-state index contributed by atoms with van der Waals surface area (Å²) in [6, 6.07) is 7.14. The zero-order chi connectivity index (χ0) is 20.0. The second kappa shape index (κ2) is 9.89. The van der Waals surface area contributed by atoms with Crippen molar-refractivity contribution < 1.29 is 12.6 Å². The minimum absolute atomic E-state index is 0.0225. The van der Waals surface area contributed by atoms with Gasteiger partial charge in [-0.15, -0.1) is 0 Å². The van der Waals surface area contributed by atoms with Gasteiger partial charge < -0.3 is 0 Å². The molecule has 0 saturated heterocycles. The minimum atomic E-state index is -3.61. The molecule has 0 radical (unpaired) electrons. The highest BCUT2D eigenvalue weighted by Crippen LogP contribution is 2.33. The highest BCUT2D eigenvalue weighted by Gasteiger charge is 2.24. The first-order valence-electron chi connectivity index (χ1n) is 9.93. The van der Waals surface area contributed by atoms with Crippen LogP contribution in [0.2, 0.25) is 0 Å². The van der Waals surface area contributed by atoms with E-state index in [-0.39, 0.29) is 10.3 Å². The van der Waals surface area contributed by atoms with Crippen LogP contribution in [0.25, 0.3) is 0 Å². The molecule has 26 heavy (non-hydrogen) atoms. The lowest BCUT2D eigenvalue weighted by atomic mass is 9.76. The van der Waals surface area contributed by atoms with Crippen LogP contribution >= 0.6 is 0 Å². The van der Waals surface area contributed by atoms with E-state index in [1.54, 1.807) is 12.1 Å². The fourth-order valence-corrected chi connectivity index (χ4v) is 4.46. The van der Waals surface area contributed by atoms with E-state index in [2.05, 4.69) is 45.7 Å². The average molecular weight is 383 g/mol. The van der Waals surface area contributed by atoms with Crippen molar-refractivity contribution in [3.63, 3.8) is 0 Å². The van der Waals surface area contributed by atoms with E-state index in [0.717, 1.165) is 18.3 Å². The van der Waals surface area contributed by atoms with Crippen LogP contribution in [0.3, 0.4) is 0 Å². The van der Waals surface area contributed by atoms with Gasteiger partial charge in [0.1, 0.15) is 0 Å². The lowest BCUT2D eigenvalue weighted by molar-refractivity contribution is 0.314. The summed E-state index contributed by atoms with van der Waals surface area (Å²) in [5, 5.41) is 0. The predicted molar refractivity (Wildman–Crippen MR) is 110 cm³/mol. The number of benzene rings is 1. The van der Waals surface area contributed by atoms with Gasteiger partial charge in [0.05, 0.1) is 12.0 Å². The maximum absolute atomic E-state index is 11.8. The lowest BCUT2D eigenvalue weighted by Crippen LogP contribution is -2.21. The molecule has 0 heterocycles. The third-order valence-corrected chi connectivity index (χ3v) is 6.94. The molecule has 0 aliphatic heterocycles. The second-order valence-electron chi connectivity index (χ2n) is 8.77. The first-order valence-corrected chi connectivity index (χ1v) is 11.3. The van der Waals surface area contributed by atoms with Gasteiger partial charge >= 0.3 is 0 Å².